The van der Waals surface area contributed by atoms with Gasteiger partial charge in [0.1, 0.15) is 0 Å². The second-order valence-electron chi connectivity index (χ2n) is 8.05. The van der Waals surface area contributed by atoms with E-state index in [4.69, 9.17) is 9.88 Å². The molecule has 0 aromatic heterocycles. The topological polar surface area (TPSA) is 114 Å². The molecule has 3 rings (SSSR count). The van der Waals surface area contributed by atoms with Crippen LogP contribution in [0, 0.1) is 6.92 Å². The largest absolute Gasteiger partial charge is 0.379 e. The molecule has 1 amide bonds. The van der Waals surface area contributed by atoms with Gasteiger partial charge in [0.05, 0.1) is 24.7 Å². The van der Waals surface area contributed by atoms with Gasteiger partial charge in [-0.05, 0) is 36.6 Å². The molecule has 32 heavy (non-hydrogen) atoms. The molecule has 0 radical (unpaired) electrons. The minimum Gasteiger partial charge on any atom is -0.379 e. The number of hydrogen-bond acceptors (Lipinski definition) is 6. The third-order valence-corrected chi connectivity index (χ3v) is 6.45. The van der Waals surface area contributed by atoms with Crippen molar-refractivity contribution in [3.8, 4) is 0 Å². The molecule has 2 aromatic carbocycles. The van der Waals surface area contributed by atoms with Crippen molar-refractivity contribution in [3.63, 3.8) is 0 Å². The lowest BCUT2D eigenvalue weighted by Gasteiger charge is -2.31. The summed E-state index contributed by atoms with van der Waals surface area (Å²) >= 11 is 0. The molecule has 0 aliphatic carbocycles. The summed E-state index contributed by atoms with van der Waals surface area (Å²) in [6, 6.07) is 14.8. The lowest BCUT2D eigenvalue weighted by molar-refractivity contribution is -0.120. The summed E-state index contributed by atoms with van der Waals surface area (Å²) in [6.45, 7) is 6.81. The monoisotopic (exact) mass is 460 g/mol. The summed E-state index contributed by atoms with van der Waals surface area (Å²) in [6.07, 6.45) is 0.603. The Morgan fingerprint density at radius 3 is 2.38 bits per heavy atom. The molecule has 1 aliphatic rings. The SMILES string of the molecule is Cc1ccc([C@H](CN2CCOCC2)NCC(=O)NCCc2ccc(S(N)(=O)=O)cc2)cc1. The molecule has 1 saturated heterocycles. The smallest absolute Gasteiger partial charge is 0.238 e. The summed E-state index contributed by atoms with van der Waals surface area (Å²) < 4.78 is 28.1. The van der Waals surface area contributed by atoms with Gasteiger partial charge in [-0.2, -0.15) is 0 Å². The summed E-state index contributed by atoms with van der Waals surface area (Å²) in [5.41, 5.74) is 3.29. The van der Waals surface area contributed by atoms with Crippen LogP contribution in [0.1, 0.15) is 22.7 Å². The van der Waals surface area contributed by atoms with E-state index in [1.807, 2.05) is 0 Å². The lowest BCUT2D eigenvalue weighted by atomic mass is 10.0. The predicted molar refractivity (Wildman–Crippen MR) is 124 cm³/mol. The Bertz CT molecular complexity index is 972. The Balaban J connectivity index is 1.48. The van der Waals surface area contributed by atoms with Crippen LogP contribution in [0.2, 0.25) is 0 Å². The number of carbonyl (C=O) groups is 1. The number of amides is 1. The number of carbonyl (C=O) groups excluding carboxylic acids is 1. The predicted octanol–water partition coefficient (Wildman–Crippen LogP) is 0.964. The third kappa shape index (κ3) is 7.68. The zero-order chi connectivity index (χ0) is 23.0. The molecular formula is C23H32N4O4S. The van der Waals surface area contributed by atoms with Gasteiger partial charge in [-0.25, -0.2) is 13.6 Å². The fraction of sp³-hybridized carbons (Fsp3) is 0.435. The number of nitrogens with one attached hydrogen (secondary N) is 2. The number of primary sulfonamides is 1. The summed E-state index contributed by atoms with van der Waals surface area (Å²) in [4.78, 5) is 14.8. The highest BCUT2D eigenvalue weighted by Crippen LogP contribution is 2.16. The number of morpholine rings is 1. The second kappa shape index (κ2) is 11.5. The van der Waals surface area contributed by atoms with Crippen LogP contribution in [0.5, 0.6) is 0 Å². The maximum absolute atomic E-state index is 12.4. The van der Waals surface area contributed by atoms with Crippen LogP contribution in [0.15, 0.2) is 53.4 Å². The first-order valence-electron chi connectivity index (χ1n) is 10.8. The fourth-order valence-corrected chi connectivity index (χ4v) is 4.11. The summed E-state index contributed by atoms with van der Waals surface area (Å²) in [5.74, 6) is -0.0785. The Labute approximate surface area is 190 Å². The zero-order valence-electron chi connectivity index (χ0n) is 18.4. The first-order chi connectivity index (χ1) is 15.3. The molecule has 1 heterocycles. The highest BCUT2D eigenvalue weighted by atomic mass is 32.2. The van der Waals surface area contributed by atoms with E-state index in [2.05, 4.69) is 46.7 Å². The Morgan fingerprint density at radius 1 is 1.09 bits per heavy atom. The molecule has 1 atom stereocenters. The highest BCUT2D eigenvalue weighted by Gasteiger charge is 2.19. The molecular weight excluding hydrogens is 428 g/mol. The van der Waals surface area contributed by atoms with Crippen LogP contribution in [-0.4, -0.2) is 65.2 Å². The standard InChI is InChI=1S/C23H32N4O4S/c1-18-2-6-20(7-3-18)22(17-27-12-14-31-15-13-27)26-16-23(28)25-11-10-19-4-8-21(9-5-19)32(24,29)30/h2-9,22,26H,10-17H2,1H3,(H,25,28)(H2,24,29,30)/t22-/m0/s1. The second-order valence-corrected chi connectivity index (χ2v) is 9.61. The van der Waals surface area contributed by atoms with E-state index in [1.54, 1.807) is 12.1 Å². The number of rotatable bonds is 10. The van der Waals surface area contributed by atoms with Crippen molar-refractivity contribution >= 4 is 15.9 Å². The van der Waals surface area contributed by atoms with E-state index in [1.165, 1.54) is 17.7 Å². The number of sulfonamides is 1. The first-order valence-corrected chi connectivity index (χ1v) is 12.3. The minimum absolute atomic E-state index is 0.0465. The van der Waals surface area contributed by atoms with Crippen molar-refractivity contribution < 1.29 is 17.9 Å². The highest BCUT2D eigenvalue weighted by molar-refractivity contribution is 7.89. The first kappa shape index (κ1) is 24.3. The van der Waals surface area contributed by atoms with Gasteiger partial charge >= 0.3 is 0 Å². The summed E-state index contributed by atoms with van der Waals surface area (Å²) in [7, 11) is -3.69. The minimum atomic E-state index is -3.69. The van der Waals surface area contributed by atoms with Crippen LogP contribution in [0.3, 0.4) is 0 Å². The van der Waals surface area contributed by atoms with Crippen LogP contribution < -0.4 is 15.8 Å². The fourth-order valence-electron chi connectivity index (χ4n) is 3.60. The number of nitrogens with zero attached hydrogens (tertiary/aromatic N) is 1. The van der Waals surface area contributed by atoms with E-state index < -0.39 is 10.0 Å². The number of benzene rings is 2. The van der Waals surface area contributed by atoms with Gasteiger partial charge in [0, 0.05) is 32.2 Å². The Hall–Kier alpha value is -2.30. The molecule has 0 unspecified atom stereocenters. The molecule has 174 valence electrons. The van der Waals surface area contributed by atoms with E-state index in [9.17, 15) is 13.2 Å². The average Bonchev–Trinajstić information content (AvgIpc) is 2.78. The van der Waals surface area contributed by atoms with Crippen molar-refractivity contribution in [1.29, 1.82) is 0 Å². The number of hydrogen-bond donors (Lipinski definition) is 3. The molecule has 0 bridgehead atoms. The molecule has 9 heteroatoms. The van der Waals surface area contributed by atoms with Crippen LogP contribution in [-0.2, 0) is 26.0 Å². The zero-order valence-corrected chi connectivity index (χ0v) is 19.2. The maximum atomic E-state index is 12.4. The van der Waals surface area contributed by atoms with Gasteiger partial charge in [0.15, 0.2) is 0 Å². The molecule has 8 nitrogen and oxygen atoms in total. The molecule has 0 spiro atoms. The Kier molecular flexibility index (Phi) is 8.77. The number of nitrogens with two attached hydrogens (primary N) is 1. The van der Waals surface area contributed by atoms with E-state index in [0.29, 0.717) is 13.0 Å². The van der Waals surface area contributed by atoms with Crippen molar-refractivity contribution in [2.75, 3.05) is 45.9 Å². The van der Waals surface area contributed by atoms with Crippen molar-refractivity contribution in [1.82, 2.24) is 15.5 Å². The van der Waals surface area contributed by atoms with E-state index >= 15 is 0 Å². The molecule has 1 fully saturated rings. The molecule has 1 aliphatic heterocycles. The van der Waals surface area contributed by atoms with Gasteiger partial charge in [0.2, 0.25) is 15.9 Å². The lowest BCUT2D eigenvalue weighted by Crippen LogP contribution is -2.44. The molecule has 4 N–H and O–H groups in total. The van der Waals surface area contributed by atoms with Crippen molar-refractivity contribution in [3.05, 3.63) is 65.2 Å². The third-order valence-electron chi connectivity index (χ3n) is 5.52. The van der Waals surface area contributed by atoms with E-state index in [0.717, 1.165) is 44.0 Å². The van der Waals surface area contributed by atoms with E-state index in [-0.39, 0.29) is 23.4 Å². The van der Waals surface area contributed by atoms with Crippen LogP contribution >= 0.6 is 0 Å². The summed E-state index contributed by atoms with van der Waals surface area (Å²) in [5, 5.41) is 11.4. The normalized spacial score (nSPS) is 15.9. The quantitative estimate of drug-likeness (QED) is 0.487. The number of ether oxygens (including phenoxy) is 1. The Morgan fingerprint density at radius 2 is 1.75 bits per heavy atom. The van der Waals surface area contributed by atoms with Gasteiger partial charge in [-0.3, -0.25) is 9.69 Å². The van der Waals surface area contributed by atoms with Crippen molar-refractivity contribution in [2.24, 2.45) is 5.14 Å². The van der Waals surface area contributed by atoms with Crippen molar-refractivity contribution in [2.45, 2.75) is 24.3 Å². The average molecular weight is 461 g/mol. The maximum Gasteiger partial charge on any atom is 0.238 e. The van der Waals surface area contributed by atoms with Gasteiger partial charge < -0.3 is 15.4 Å². The molecule has 2 aromatic rings. The van der Waals surface area contributed by atoms with Gasteiger partial charge in [-0.1, -0.05) is 42.0 Å². The van der Waals surface area contributed by atoms with Crippen LogP contribution in [0.25, 0.3) is 0 Å². The molecule has 0 saturated carbocycles. The van der Waals surface area contributed by atoms with Gasteiger partial charge in [0.25, 0.3) is 0 Å². The van der Waals surface area contributed by atoms with Crippen LogP contribution in [0.4, 0.5) is 0 Å². The van der Waals surface area contributed by atoms with Gasteiger partial charge in [-0.15, -0.1) is 0 Å². The number of aryl methyl sites for hydroxylation is 1.